The third-order valence-electron chi connectivity index (χ3n) is 2.56. The highest BCUT2D eigenvalue weighted by Crippen LogP contribution is 2.39. The van der Waals surface area contributed by atoms with Crippen molar-refractivity contribution in [2.24, 2.45) is 10.4 Å². The summed E-state index contributed by atoms with van der Waals surface area (Å²) < 4.78 is 0. The van der Waals surface area contributed by atoms with E-state index in [2.05, 4.69) is 23.7 Å². The monoisotopic (exact) mass is 244 g/mol. The lowest BCUT2D eigenvalue weighted by molar-refractivity contribution is -0.108. The minimum atomic E-state index is -0.382. The van der Waals surface area contributed by atoms with E-state index in [0.717, 1.165) is 24.0 Å². The number of nitrogens with zero attached hydrogens (tertiary/aromatic N) is 2. The molecule has 5 heteroatoms. The average Bonchev–Trinajstić information content (AvgIpc) is 2.42. The van der Waals surface area contributed by atoms with Crippen LogP contribution in [0.5, 0.6) is 0 Å². The van der Waals surface area contributed by atoms with Gasteiger partial charge in [0.2, 0.25) is 0 Å². The van der Waals surface area contributed by atoms with Gasteiger partial charge in [-0.05, 0) is 30.3 Å². The topological polar surface area (TPSA) is 32.7 Å². The van der Waals surface area contributed by atoms with Gasteiger partial charge in [0, 0.05) is 24.2 Å². The van der Waals surface area contributed by atoms with Crippen LogP contribution in [-0.4, -0.2) is 28.4 Å². The molecule has 15 heavy (non-hydrogen) atoms. The zero-order valence-corrected chi connectivity index (χ0v) is 10.6. The van der Waals surface area contributed by atoms with E-state index < -0.39 is 0 Å². The molecular formula is C10H13ClN2OS. The lowest BCUT2D eigenvalue weighted by atomic mass is 9.92. The van der Waals surface area contributed by atoms with Gasteiger partial charge in [0.1, 0.15) is 0 Å². The summed E-state index contributed by atoms with van der Waals surface area (Å²) in [5.74, 6) is 0. The summed E-state index contributed by atoms with van der Waals surface area (Å²) in [6, 6.07) is 0. The molecule has 0 aromatic rings. The van der Waals surface area contributed by atoms with Gasteiger partial charge in [-0.2, -0.15) is 0 Å². The first-order valence-electron chi connectivity index (χ1n) is 4.81. The Morgan fingerprint density at radius 3 is 2.87 bits per heavy atom. The largest absolute Gasteiger partial charge is 0.323 e. The van der Waals surface area contributed by atoms with E-state index in [1.807, 2.05) is 6.92 Å². The fraction of sp³-hybridized carbons (Fsp3) is 0.600. The van der Waals surface area contributed by atoms with Crippen molar-refractivity contribution in [2.45, 2.75) is 20.8 Å². The second kappa shape index (κ2) is 3.52. The van der Waals surface area contributed by atoms with Gasteiger partial charge < -0.3 is 4.90 Å². The summed E-state index contributed by atoms with van der Waals surface area (Å²) in [6.45, 7) is 7.98. The summed E-state index contributed by atoms with van der Waals surface area (Å²) in [6.07, 6.45) is 0. The third-order valence-corrected chi connectivity index (χ3v) is 4.08. The van der Waals surface area contributed by atoms with Crippen LogP contribution in [0.3, 0.4) is 0 Å². The summed E-state index contributed by atoms with van der Waals surface area (Å²) in [5.41, 5.74) is 1.10. The van der Waals surface area contributed by atoms with Gasteiger partial charge in [-0.1, -0.05) is 13.8 Å². The molecule has 2 aliphatic heterocycles. The van der Waals surface area contributed by atoms with Crippen molar-refractivity contribution in [1.29, 1.82) is 0 Å². The number of rotatable bonds is 1. The summed E-state index contributed by atoms with van der Waals surface area (Å²) in [4.78, 5) is 18.4. The highest BCUT2D eigenvalue weighted by Gasteiger charge is 2.36. The lowest BCUT2D eigenvalue weighted by Gasteiger charge is -2.35. The Labute approximate surface area is 98.6 Å². The number of carbonyl (C=O) groups is 1. The highest BCUT2D eigenvalue weighted by molar-refractivity contribution is 8.18. The minimum absolute atomic E-state index is 0.163. The van der Waals surface area contributed by atoms with Crippen LogP contribution in [0.1, 0.15) is 20.8 Å². The lowest BCUT2D eigenvalue weighted by Crippen LogP contribution is -2.40. The zero-order valence-electron chi connectivity index (χ0n) is 9.00. The van der Waals surface area contributed by atoms with Crippen molar-refractivity contribution in [2.75, 3.05) is 13.1 Å². The molecule has 0 atom stereocenters. The van der Waals surface area contributed by atoms with Crippen molar-refractivity contribution >= 4 is 33.8 Å². The Morgan fingerprint density at radius 2 is 2.27 bits per heavy atom. The molecule has 2 rings (SSSR count). The number of hydrogen-bond donors (Lipinski definition) is 0. The van der Waals surface area contributed by atoms with Crippen molar-refractivity contribution in [3.63, 3.8) is 0 Å². The van der Waals surface area contributed by atoms with E-state index in [1.54, 1.807) is 0 Å². The maximum Gasteiger partial charge on any atom is 0.260 e. The number of thioether (sulfide) groups is 1. The van der Waals surface area contributed by atoms with Crippen LogP contribution in [0, 0.1) is 5.41 Å². The molecule has 0 amide bonds. The maximum absolute atomic E-state index is 11.2. The van der Waals surface area contributed by atoms with Crippen molar-refractivity contribution in [3.05, 3.63) is 10.6 Å². The van der Waals surface area contributed by atoms with Crippen LogP contribution in [-0.2, 0) is 4.79 Å². The van der Waals surface area contributed by atoms with Crippen LogP contribution < -0.4 is 0 Å². The van der Waals surface area contributed by atoms with Crippen LogP contribution >= 0.6 is 23.4 Å². The molecule has 0 aromatic carbocycles. The Bertz CT molecular complexity index is 387. The van der Waals surface area contributed by atoms with Gasteiger partial charge in [0.05, 0.1) is 4.91 Å². The molecule has 0 aliphatic carbocycles. The van der Waals surface area contributed by atoms with E-state index in [0.29, 0.717) is 4.91 Å². The first-order chi connectivity index (χ1) is 6.91. The predicted molar refractivity (Wildman–Crippen MR) is 63.9 cm³/mol. The smallest absolute Gasteiger partial charge is 0.260 e. The molecule has 82 valence electrons. The number of fused-ring (bicyclic) bond motifs is 1. The van der Waals surface area contributed by atoms with Gasteiger partial charge in [-0.15, -0.1) is 0 Å². The molecule has 2 aliphatic rings. The van der Waals surface area contributed by atoms with Crippen molar-refractivity contribution < 1.29 is 4.79 Å². The first kappa shape index (κ1) is 11.0. The number of hydrogen-bond acceptors (Lipinski definition) is 4. The standard InChI is InChI=1S/C10H13ClN2OS/c1-6-7(8(11)14)15-9-12-4-10(2,3)5-13(6)9/h4-5H2,1-3H3. The maximum atomic E-state index is 11.2. The molecule has 0 N–H and O–H groups in total. The van der Waals surface area contributed by atoms with Crippen LogP contribution in [0.2, 0.25) is 0 Å². The SMILES string of the molecule is CC1=C(C(=O)Cl)SC2=NCC(C)(C)CN21. The van der Waals surface area contributed by atoms with Gasteiger partial charge in [0.25, 0.3) is 5.24 Å². The summed E-state index contributed by atoms with van der Waals surface area (Å²) in [5, 5.41) is 0.531. The normalized spacial score (nSPS) is 24.0. The molecule has 0 fully saturated rings. The summed E-state index contributed by atoms with van der Waals surface area (Å²) in [7, 11) is 0. The molecule has 0 aromatic heterocycles. The highest BCUT2D eigenvalue weighted by atomic mass is 35.5. The molecule has 0 bridgehead atoms. The molecular weight excluding hydrogens is 232 g/mol. The number of halogens is 1. The molecule has 0 spiro atoms. The van der Waals surface area contributed by atoms with Crippen LogP contribution in [0.4, 0.5) is 0 Å². The number of carbonyl (C=O) groups excluding carboxylic acids is 1. The Morgan fingerprint density at radius 1 is 1.60 bits per heavy atom. The fourth-order valence-electron chi connectivity index (χ4n) is 1.73. The van der Waals surface area contributed by atoms with Gasteiger partial charge in [-0.3, -0.25) is 9.79 Å². The second-order valence-electron chi connectivity index (χ2n) is 4.64. The summed E-state index contributed by atoms with van der Waals surface area (Å²) >= 11 is 6.90. The van der Waals surface area contributed by atoms with Gasteiger partial charge in [0.15, 0.2) is 5.17 Å². The van der Waals surface area contributed by atoms with E-state index in [4.69, 9.17) is 11.6 Å². The van der Waals surface area contributed by atoms with Crippen molar-refractivity contribution in [1.82, 2.24) is 4.90 Å². The van der Waals surface area contributed by atoms with Crippen LogP contribution in [0.15, 0.2) is 15.6 Å². The number of allylic oxidation sites excluding steroid dienone is 2. The van der Waals surface area contributed by atoms with Crippen LogP contribution in [0.25, 0.3) is 0 Å². The van der Waals surface area contributed by atoms with E-state index in [1.165, 1.54) is 11.8 Å². The molecule has 0 saturated heterocycles. The molecule has 3 nitrogen and oxygen atoms in total. The van der Waals surface area contributed by atoms with E-state index in [9.17, 15) is 4.79 Å². The number of amidine groups is 1. The predicted octanol–water partition coefficient (Wildman–Crippen LogP) is 2.43. The van der Waals surface area contributed by atoms with E-state index in [-0.39, 0.29) is 10.7 Å². The molecule has 0 saturated carbocycles. The van der Waals surface area contributed by atoms with Gasteiger partial charge >= 0.3 is 0 Å². The zero-order chi connectivity index (χ0) is 11.2. The molecule has 0 radical (unpaired) electrons. The Kier molecular flexibility index (Phi) is 2.59. The second-order valence-corrected chi connectivity index (χ2v) is 5.96. The Hall–Kier alpha value is -0.480. The first-order valence-corrected chi connectivity index (χ1v) is 6.01. The molecule has 0 unspecified atom stereocenters. The van der Waals surface area contributed by atoms with Crippen molar-refractivity contribution in [3.8, 4) is 0 Å². The minimum Gasteiger partial charge on any atom is -0.323 e. The average molecular weight is 245 g/mol. The third kappa shape index (κ3) is 1.93. The Balaban J connectivity index is 2.33. The molecule has 2 heterocycles. The number of aliphatic imine (C=N–C) groups is 1. The van der Waals surface area contributed by atoms with E-state index >= 15 is 0 Å². The fourth-order valence-corrected chi connectivity index (χ4v) is 2.95. The quantitative estimate of drug-likeness (QED) is 0.664. The van der Waals surface area contributed by atoms with Gasteiger partial charge in [-0.25, -0.2) is 0 Å².